The van der Waals surface area contributed by atoms with Crippen molar-refractivity contribution in [1.29, 1.82) is 0 Å². The average Bonchev–Trinajstić information content (AvgIpc) is 3.49. The minimum Gasteiger partial charge on any atom is -0.497 e. The standard InChI is InChI=1S/C26H28ClN3O4/c1-26(25(32)28-14-20-7-5-11-34-20)16-29-22-13-19(33-2)10-9-17(22)12-23(29)24(31)30(26)15-18-6-3-4-8-21(18)27/h3-4,6,8-10,12-13,20H,5,7,11,14-16H2,1-2H3,(H,28,32)/t20-,26+/m1/s1. The van der Waals surface area contributed by atoms with Crippen molar-refractivity contribution in [2.24, 2.45) is 0 Å². The van der Waals surface area contributed by atoms with Crippen molar-refractivity contribution >= 4 is 34.3 Å². The molecule has 0 saturated carbocycles. The second-order valence-electron chi connectivity index (χ2n) is 9.14. The Morgan fingerprint density at radius 3 is 2.82 bits per heavy atom. The summed E-state index contributed by atoms with van der Waals surface area (Å²) in [5, 5.41) is 4.54. The first-order valence-electron chi connectivity index (χ1n) is 11.5. The van der Waals surface area contributed by atoms with Gasteiger partial charge in [-0.25, -0.2) is 0 Å². The number of ether oxygens (including phenoxy) is 2. The van der Waals surface area contributed by atoms with Crippen molar-refractivity contribution in [3.63, 3.8) is 0 Å². The Hall–Kier alpha value is -3.03. The maximum Gasteiger partial charge on any atom is 0.271 e. The van der Waals surface area contributed by atoms with Crippen LogP contribution in [0.4, 0.5) is 0 Å². The van der Waals surface area contributed by atoms with Gasteiger partial charge < -0.3 is 24.3 Å². The van der Waals surface area contributed by atoms with Crippen molar-refractivity contribution in [3.05, 3.63) is 64.8 Å². The lowest BCUT2D eigenvalue weighted by molar-refractivity contribution is -0.133. The van der Waals surface area contributed by atoms with Crippen molar-refractivity contribution < 1.29 is 19.1 Å². The molecule has 8 heteroatoms. The molecule has 3 aromatic rings. The fraction of sp³-hybridized carbons (Fsp3) is 0.385. The number of amides is 2. The molecule has 2 aliphatic heterocycles. The number of carbonyl (C=O) groups excluding carboxylic acids is 2. The van der Waals surface area contributed by atoms with Crippen LogP contribution in [0.5, 0.6) is 5.75 Å². The minimum atomic E-state index is -1.13. The third-order valence-corrected chi connectivity index (χ3v) is 7.30. The van der Waals surface area contributed by atoms with E-state index in [1.165, 1.54) is 0 Å². The number of benzene rings is 2. The molecular weight excluding hydrogens is 454 g/mol. The van der Waals surface area contributed by atoms with Crippen molar-refractivity contribution in [2.45, 2.75) is 44.5 Å². The van der Waals surface area contributed by atoms with Crippen LogP contribution in [0.3, 0.4) is 0 Å². The summed E-state index contributed by atoms with van der Waals surface area (Å²) in [6.45, 7) is 3.51. The molecule has 0 aliphatic carbocycles. The van der Waals surface area contributed by atoms with Crippen LogP contribution in [0.1, 0.15) is 35.8 Å². The fourth-order valence-electron chi connectivity index (χ4n) is 4.90. The number of aromatic nitrogens is 1. The summed E-state index contributed by atoms with van der Waals surface area (Å²) in [6.07, 6.45) is 1.93. The Kier molecular flexibility index (Phi) is 6.00. The molecule has 0 unspecified atom stereocenters. The second kappa shape index (κ2) is 8.96. The largest absolute Gasteiger partial charge is 0.497 e. The topological polar surface area (TPSA) is 72.8 Å². The Morgan fingerprint density at radius 2 is 2.09 bits per heavy atom. The number of hydrogen-bond donors (Lipinski definition) is 1. The van der Waals surface area contributed by atoms with Gasteiger partial charge in [0.25, 0.3) is 5.91 Å². The molecule has 0 spiro atoms. The molecule has 2 aliphatic rings. The molecule has 2 atom stereocenters. The van der Waals surface area contributed by atoms with Crippen LogP contribution in [0.25, 0.3) is 10.9 Å². The van der Waals surface area contributed by atoms with Gasteiger partial charge in [-0.3, -0.25) is 9.59 Å². The Bertz CT molecular complexity index is 1250. The summed E-state index contributed by atoms with van der Waals surface area (Å²) in [4.78, 5) is 29.2. The van der Waals surface area contributed by atoms with Crippen LogP contribution in [0.15, 0.2) is 48.5 Å². The van der Waals surface area contributed by atoms with Gasteiger partial charge in [-0.05, 0) is 49.6 Å². The predicted molar refractivity (Wildman–Crippen MR) is 130 cm³/mol. The number of rotatable bonds is 6. The molecule has 178 valence electrons. The summed E-state index contributed by atoms with van der Waals surface area (Å²) in [5.74, 6) is 0.277. The average molecular weight is 482 g/mol. The molecule has 1 N–H and O–H groups in total. The lowest BCUT2D eigenvalue weighted by atomic mass is 9.93. The van der Waals surface area contributed by atoms with E-state index in [0.717, 1.165) is 35.9 Å². The zero-order valence-corrected chi connectivity index (χ0v) is 20.1. The first kappa shape index (κ1) is 22.7. The maximum absolute atomic E-state index is 13.9. The molecule has 2 aromatic carbocycles. The molecule has 0 radical (unpaired) electrons. The Balaban J connectivity index is 1.55. The monoisotopic (exact) mass is 481 g/mol. The third kappa shape index (κ3) is 3.93. The molecule has 1 saturated heterocycles. The molecular formula is C26H28ClN3O4. The number of nitrogens with one attached hydrogen (secondary N) is 1. The molecule has 2 amide bonds. The molecule has 3 heterocycles. The molecule has 1 aromatic heterocycles. The third-order valence-electron chi connectivity index (χ3n) is 6.93. The SMILES string of the molecule is COc1ccc2cc3n(c2c1)C[C@@](C)(C(=O)NC[C@H]1CCCO1)N(Cc1ccccc1Cl)C3=O. The lowest BCUT2D eigenvalue weighted by Crippen LogP contribution is -2.64. The zero-order valence-electron chi connectivity index (χ0n) is 19.3. The lowest BCUT2D eigenvalue weighted by Gasteiger charge is -2.44. The van der Waals surface area contributed by atoms with Gasteiger partial charge in [0.1, 0.15) is 17.0 Å². The maximum atomic E-state index is 13.9. The van der Waals surface area contributed by atoms with Crippen LogP contribution >= 0.6 is 11.6 Å². The van der Waals surface area contributed by atoms with Crippen molar-refractivity contribution in [1.82, 2.24) is 14.8 Å². The molecule has 7 nitrogen and oxygen atoms in total. The van der Waals surface area contributed by atoms with E-state index in [0.29, 0.717) is 29.6 Å². The van der Waals surface area contributed by atoms with Gasteiger partial charge in [-0.15, -0.1) is 0 Å². The zero-order chi connectivity index (χ0) is 23.9. The van der Waals surface area contributed by atoms with E-state index in [-0.39, 0.29) is 24.5 Å². The quantitative estimate of drug-likeness (QED) is 0.577. The van der Waals surface area contributed by atoms with Crippen molar-refractivity contribution in [2.75, 3.05) is 20.3 Å². The Labute approximate surface area is 203 Å². The fourth-order valence-corrected chi connectivity index (χ4v) is 5.10. The summed E-state index contributed by atoms with van der Waals surface area (Å²) in [5.41, 5.74) is 1.07. The highest BCUT2D eigenvalue weighted by atomic mass is 35.5. The number of nitrogens with zero attached hydrogens (tertiary/aromatic N) is 2. The first-order valence-corrected chi connectivity index (χ1v) is 11.9. The first-order chi connectivity index (χ1) is 16.4. The van der Waals surface area contributed by atoms with Gasteiger partial charge in [-0.2, -0.15) is 0 Å². The number of carbonyl (C=O) groups is 2. The highest BCUT2D eigenvalue weighted by molar-refractivity contribution is 6.31. The highest BCUT2D eigenvalue weighted by Gasteiger charge is 2.48. The normalized spacial score (nSPS) is 22.1. The molecule has 5 rings (SSSR count). The van der Waals surface area contributed by atoms with E-state index in [2.05, 4.69) is 5.32 Å². The van der Waals surface area contributed by atoms with E-state index in [1.54, 1.807) is 18.1 Å². The van der Waals surface area contributed by atoms with Gasteiger partial charge in [0, 0.05) is 36.2 Å². The van der Waals surface area contributed by atoms with E-state index in [9.17, 15) is 9.59 Å². The van der Waals surface area contributed by atoms with E-state index < -0.39 is 5.54 Å². The highest BCUT2D eigenvalue weighted by Crippen LogP contribution is 2.35. The molecule has 34 heavy (non-hydrogen) atoms. The number of hydrogen-bond acceptors (Lipinski definition) is 4. The molecule has 0 bridgehead atoms. The van der Waals surface area contributed by atoms with E-state index in [4.69, 9.17) is 21.1 Å². The number of fused-ring (bicyclic) bond motifs is 3. The van der Waals surface area contributed by atoms with Crippen molar-refractivity contribution in [3.8, 4) is 5.75 Å². The second-order valence-corrected chi connectivity index (χ2v) is 9.55. The summed E-state index contributed by atoms with van der Waals surface area (Å²) in [7, 11) is 1.61. The van der Waals surface area contributed by atoms with Crippen LogP contribution in [-0.4, -0.2) is 53.2 Å². The van der Waals surface area contributed by atoms with E-state index in [1.807, 2.05) is 54.0 Å². The van der Waals surface area contributed by atoms with Gasteiger partial charge in [-0.1, -0.05) is 29.8 Å². The van der Waals surface area contributed by atoms with Gasteiger partial charge in [0.2, 0.25) is 5.91 Å². The predicted octanol–water partition coefficient (Wildman–Crippen LogP) is 4.01. The van der Waals surface area contributed by atoms with Crippen LogP contribution < -0.4 is 10.1 Å². The van der Waals surface area contributed by atoms with Crippen LogP contribution in [0.2, 0.25) is 5.02 Å². The van der Waals surface area contributed by atoms with Crippen LogP contribution in [0, 0.1) is 0 Å². The smallest absolute Gasteiger partial charge is 0.271 e. The number of halogens is 1. The Morgan fingerprint density at radius 1 is 1.26 bits per heavy atom. The van der Waals surface area contributed by atoms with E-state index >= 15 is 0 Å². The van der Waals surface area contributed by atoms with Gasteiger partial charge in [0.05, 0.1) is 25.3 Å². The minimum absolute atomic E-state index is 0.0103. The summed E-state index contributed by atoms with van der Waals surface area (Å²) < 4.78 is 13.0. The van der Waals surface area contributed by atoms with Crippen LogP contribution in [-0.2, 0) is 22.6 Å². The van der Waals surface area contributed by atoms with Gasteiger partial charge >= 0.3 is 0 Å². The number of methoxy groups -OCH3 is 1. The molecule has 1 fully saturated rings. The summed E-state index contributed by atoms with van der Waals surface area (Å²) in [6, 6.07) is 15.0. The van der Waals surface area contributed by atoms with Gasteiger partial charge in [0.15, 0.2) is 0 Å². The summed E-state index contributed by atoms with van der Waals surface area (Å²) >= 11 is 6.43.